The van der Waals surface area contributed by atoms with Crippen molar-refractivity contribution in [3.63, 3.8) is 0 Å². The number of halogens is 3. The van der Waals surface area contributed by atoms with Crippen molar-refractivity contribution in [2.24, 2.45) is 0 Å². The Bertz CT molecular complexity index is 852. The predicted molar refractivity (Wildman–Crippen MR) is 87.4 cm³/mol. The van der Waals surface area contributed by atoms with Gasteiger partial charge in [-0.3, -0.25) is 4.79 Å². The first kappa shape index (κ1) is 16.1. The molecule has 2 bridgehead atoms. The van der Waals surface area contributed by atoms with Gasteiger partial charge >= 0.3 is 6.36 Å². The van der Waals surface area contributed by atoms with E-state index < -0.39 is 6.36 Å². The van der Waals surface area contributed by atoms with Crippen LogP contribution in [0.4, 0.5) is 24.5 Å². The van der Waals surface area contributed by atoms with Gasteiger partial charge in [-0.1, -0.05) is 6.07 Å². The zero-order valence-corrected chi connectivity index (χ0v) is 13.3. The van der Waals surface area contributed by atoms with Gasteiger partial charge in [0.05, 0.1) is 5.69 Å². The molecular weight excluding hydrogens is 333 g/mol. The minimum atomic E-state index is -4.73. The van der Waals surface area contributed by atoms with Crippen LogP contribution in [0.1, 0.15) is 48.6 Å². The number of aromatic amines is 1. The highest BCUT2D eigenvalue weighted by molar-refractivity contribution is 5.66. The van der Waals surface area contributed by atoms with Crippen molar-refractivity contribution in [3.8, 4) is 5.75 Å². The fourth-order valence-electron chi connectivity index (χ4n) is 4.11. The van der Waals surface area contributed by atoms with Crippen molar-refractivity contribution in [1.29, 1.82) is 0 Å². The molecule has 3 aliphatic rings. The van der Waals surface area contributed by atoms with Gasteiger partial charge in [0.15, 0.2) is 0 Å². The van der Waals surface area contributed by atoms with Crippen LogP contribution in [0.2, 0.25) is 0 Å². The molecule has 2 aromatic rings. The van der Waals surface area contributed by atoms with Crippen molar-refractivity contribution in [2.75, 3.05) is 5.32 Å². The maximum Gasteiger partial charge on any atom is 0.573 e. The summed E-state index contributed by atoms with van der Waals surface area (Å²) in [4.78, 5) is 15.0. The molecule has 0 saturated heterocycles. The van der Waals surface area contributed by atoms with E-state index in [2.05, 4.69) is 15.0 Å². The number of ether oxygens (including phenoxy) is 1. The summed E-state index contributed by atoms with van der Waals surface area (Å²) in [6, 6.07) is 5.71. The third-order valence-corrected chi connectivity index (χ3v) is 5.06. The normalized spacial score (nSPS) is 21.7. The molecule has 2 N–H and O–H groups in total. The molecule has 1 saturated carbocycles. The first-order chi connectivity index (χ1) is 11.9. The number of anilines is 2. The number of hydrogen-bond donors (Lipinski definition) is 2. The number of pyridine rings is 1. The Morgan fingerprint density at radius 3 is 2.44 bits per heavy atom. The lowest BCUT2D eigenvalue weighted by atomic mass is 9.67. The Balaban J connectivity index is 1.68. The molecule has 1 fully saturated rings. The average Bonchev–Trinajstić information content (AvgIpc) is 2.57. The second-order valence-corrected chi connectivity index (χ2v) is 6.61. The monoisotopic (exact) mass is 350 g/mol. The number of rotatable bonds is 3. The second-order valence-electron chi connectivity index (χ2n) is 6.61. The van der Waals surface area contributed by atoms with Gasteiger partial charge in [-0.15, -0.1) is 13.2 Å². The van der Waals surface area contributed by atoms with Gasteiger partial charge in [0.2, 0.25) is 0 Å². The topological polar surface area (TPSA) is 54.1 Å². The lowest BCUT2D eigenvalue weighted by Gasteiger charge is -2.38. The minimum Gasteiger partial charge on any atom is -0.406 e. The highest BCUT2D eigenvalue weighted by atomic mass is 19.4. The average molecular weight is 350 g/mol. The van der Waals surface area contributed by atoms with E-state index >= 15 is 0 Å². The summed E-state index contributed by atoms with van der Waals surface area (Å²) in [5.41, 5.74) is 3.05. The van der Waals surface area contributed by atoms with E-state index in [9.17, 15) is 18.0 Å². The number of nitrogens with one attached hydrogen (secondary N) is 2. The first-order valence-corrected chi connectivity index (χ1v) is 8.29. The molecule has 25 heavy (non-hydrogen) atoms. The van der Waals surface area contributed by atoms with Crippen LogP contribution in [0.25, 0.3) is 0 Å². The lowest BCUT2D eigenvalue weighted by molar-refractivity contribution is -0.274. The SMILES string of the molecule is O=c1[nH]cc(Nc2cccc(OC(F)(F)F)c2)c2c1C1CCC2CC1. The van der Waals surface area contributed by atoms with Crippen molar-refractivity contribution in [3.05, 3.63) is 51.9 Å². The van der Waals surface area contributed by atoms with Gasteiger partial charge in [0.1, 0.15) is 5.75 Å². The molecule has 1 aromatic heterocycles. The van der Waals surface area contributed by atoms with Crippen LogP contribution in [0.5, 0.6) is 5.75 Å². The zero-order valence-electron chi connectivity index (χ0n) is 13.3. The minimum absolute atomic E-state index is 0.0518. The fourth-order valence-corrected chi connectivity index (χ4v) is 4.11. The molecule has 0 amide bonds. The van der Waals surface area contributed by atoms with Gasteiger partial charge in [-0.25, -0.2) is 0 Å². The van der Waals surface area contributed by atoms with Crippen LogP contribution in [-0.2, 0) is 0 Å². The summed E-state index contributed by atoms with van der Waals surface area (Å²) in [6.45, 7) is 0. The zero-order chi connectivity index (χ0) is 17.6. The Morgan fingerprint density at radius 1 is 1.08 bits per heavy atom. The van der Waals surface area contributed by atoms with E-state index in [0.717, 1.165) is 42.5 Å². The molecule has 1 heterocycles. The van der Waals surface area contributed by atoms with E-state index in [4.69, 9.17) is 0 Å². The number of aromatic nitrogens is 1. The van der Waals surface area contributed by atoms with Gasteiger partial charge in [-0.2, -0.15) is 0 Å². The molecule has 0 spiro atoms. The predicted octanol–water partition coefficient (Wildman–Crippen LogP) is 4.77. The van der Waals surface area contributed by atoms with Crippen molar-refractivity contribution < 1.29 is 17.9 Å². The Kier molecular flexibility index (Phi) is 3.74. The lowest BCUT2D eigenvalue weighted by Crippen LogP contribution is -2.30. The summed E-state index contributed by atoms with van der Waals surface area (Å²) < 4.78 is 41.1. The van der Waals surface area contributed by atoms with Crippen molar-refractivity contribution in [1.82, 2.24) is 4.98 Å². The van der Waals surface area contributed by atoms with E-state index in [-0.39, 0.29) is 17.2 Å². The van der Waals surface area contributed by atoms with Gasteiger partial charge in [0.25, 0.3) is 5.56 Å². The first-order valence-electron chi connectivity index (χ1n) is 8.29. The molecule has 132 valence electrons. The van der Waals surface area contributed by atoms with Crippen molar-refractivity contribution >= 4 is 11.4 Å². The van der Waals surface area contributed by atoms with E-state index in [1.165, 1.54) is 18.2 Å². The third kappa shape index (κ3) is 3.10. The Labute approximate surface area is 142 Å². The highest BCUT2D eigenvalue weighted by Crippen LogP contribution is 2.50. The Hall–Kier alpha value is -2.44. The molecule has 5 rings (SSSR count). The molecule has 1 aromatic carbocycles. The molecule has 3 aliphatic carbocycles. The molecule has 0 atom stereocenters. The summed E-state index contributed by atoms with van der Waals surface area (Å²) in [7, 11) is 0. The maximum absolute atomic E-state index is 12.4. The van der Waals surface area contributed by atoms with Crippen molar-refractivity contribution in [2.45, 2.75) is 43.9 Å². The highest BCUT2D eigenvalue weighted by Gasteiger charge is 2.36. The number of fused-ring (bicyclic) bond motifs is 2. The van der Waals surface area contributed by atoms with E-state index in [0.29, 0.717) is 11.6 Å². The maximum atomic E-state index is 12.4. The number of benzene rings is 1. The van der Waals surface area contributed by atoms with Crippen LogP contribution in [-0.4, -0.2) is 11.3 Å². The number of hydrogen-bond acceptors (Lipinski definition) is 3. The number of alkyl halides is 3. The van der Waals surface area contributed by atoms with Crippen LogP contribution in [0.3, 0.4) is 0 Å². The molecule has 0 unspecified atom stereocenters. The van der Waals surface area contributed by atoms with Crippen LogP contribution in [0.15, 0.2) is 35.3 Å². The van der Waals surface area contributed by atoms with Crippen LogP contribution >= 0.6 is 0 Å². The van der Waals surface area contributed by atoms with Crippen LogP contribution < -0.4 is 15.6 Å². The van der Waals surface area contributed by atoms with Gasteiger partial charge in [-0.05, 0) is 55.2 Å². The summed E-state index contributed by atoms with van der Waals surface area (Å²) in [6.07, 6.45) is 1.03. The number of H-pyrrole nitrogens is 1. The molecule has 0 aliphatic heterocycles. The van der Waals surface area contributed by atoms with Gasteiger partial charge in [0, 0.05) is 23.5 Å². The van der Waals surface area contributed by atoms with E-state index in [1.807, 2.05) is 0 Å². The molecule has 0 radical (unpaired) electrons. The van der Waals surface area contributed by atoms with Gasteiger partial charge < -0.3 is 15.0 Å². The second kappa shape index (κ2) is 5.82. The van der Waals surface area contributed by atoms with Crippen LogP contribution in [0, 0.1) is 0 Å². The molecule has 4 nitrogen and oxygen atoms in total. The smallest absolute Gasteiger partial charge is 0.406 e. The largest absolute Gasteiger partial charge is 0.573 e. The Morgan fingerprint density at radius 2 is 1.76 bits per heavy atom. The summed E-state index contributed by atoms with van der Waals surface area (Å²) >= 11 is 0. The summed E-state index contributed by atoms with van der Waals surface area (Å²) in [5.74, 6) is 0.335. The van der Waals surface area contributed by atoms with E-state index in [1.54, 1.807) is 12.3 Å². The third-order valence-electron chi connectivity index (χ3n) is 5.06. The standard InChI is InChI=1S/C18H17F3N2O2/c19-18(20,21)25-13-3-1-2-12(8-13)23-14-9-22-17(24)16-11-6-4-10(5-7-11)15(14)16/h1-3,8-11,23H,4-7H2,(H,22,24). The fraction of sp³-hybridized carbons (Fsp3) is 0.389. The molecular formula is C18H17F3N2O2. The summed E-state index contributed by atoms with van der Waals surface area (Å²) in [5, 5.41) is 3.15. The molecule has 7 heteroatoms. The quantitative estimate of drug-likeness (QED) is 0.838.